The summed E-state index contributed by atoms with van der Waals surface area (Å²) in [6.07, 6.45) is 1.04. The Morgan fingerprint density at radius 1 is 1.10 bits per heavy atom. The maximum absolute atomic E-state index is 12.9. The van der Waals surface area contributed by atoms with Crippen molar-refractivity contribution in [3.63, 3.8) is 0 Å². The molecule has 0 saturated carbocycles. The number of nitrogens with zero attached hydrogens (tertiary/aromatic N) is 4. The second-order valence-corrected chi connectivity index (χ2v) is 8.78. The standard InChI is InChI=1S/C18H19N5O6S/c1-11-9-23(10-12(2)27-11)30(25,26)14-5-3-13(4-6-14)16(24)20-18-22-21-17(28-18)15-7-8-19-29-15/h3-8,11-12H,9-10H2,1-2H3,(H,20,22,24). The Morgan fingerprint density at radius 3 is 2.43 bits per heavy atom. The molecule has 11 nitrogen and oxygen atoms in total. The molecule has 4 rings (SSSR count). The number of carbonyl (C=O) groups is 1. The number of rotatable bonds is 5. The number of hydrogen-bond acceptors (Lipinski definition) is 9. The lowest BCUT2D eigenvalue weighted by molar-refractivity contribution is -0.0440. The lowest BCUT2D eigenvalue weighted by Crippen LogP contribution is -2.48. The summed E-state index contributed by atoms with van der Waals surface area (Å²) in [6.45, 7) is 4.22. The molecule has 0 radical (unpaired) electrons. The fourth-order valence-corrected chi connectivity index (χ4v) is 4.71. The first kappa shape index (κ1) is 20.2. The van der Waals surface area contributed by atoms with Crippen LogP contribution in [0.4, 0.5) is 6.01 Å². The van der Waals surface area contributed by atoms with Gasteiger partial charge in [0.2, 0.25) is 15.8 Å². The van der Waals surface area contributed by atoms with Crippen molar-refractivity contribution in [2.45, 2.75) is 31.0 Å². The minimum Gasteiger partial charge on any atom is -0.400 e. The number of benzene rings is 1. The van der Waals surface area contributed by atoms with Gasteiger partial charge in [0.05, 0.1) is 23.3 Å². The normalized spacial score (nSPS) is 20.2. The van der Waals surface area contributed by atoms with Crippen LogP contribution in [0.5, 0.6) is 0 Å². The molecule has 2 unspecified atom stereocenters. The van der Waals surface area contributed by atoms with E-state index in [-0.39, 0.29) is 53.4 Å². The van der Waals surface area contributed by atoms with Crippen LogP contribution in [0.15, 0.2) is 50.4 Å². The maximum atomic E-state index is 12.9. The van der Waals surface area contributed by atoms with Crippen molar-refractivity contribution >= 4 is 21.9 Å². The van der Waals surface area contributed by atoms with Crippen LogP contribution in [-0.2, 0) is 14.8 Å². The Labute approximate surface area is 172 Å². The largest absolute Gasteiger partial charge is 0.400 e. The van der Waals surface area contributed by atoms with Crippen molar-refractivity contribution in [3.8, 4) is 11.7 Å². The third-order valence-electron chi connectivity index (χ3n) is 4.43. The van der Waals surface area contributed by atoms with E-state index in [1.54, 1.807) is 0 Å². The molecule has 3 heterocycles. The SMILES string of the molecule is CC1CN(S(=O)(=O)c2ccc(C(=O)Nc3nnc(-c4ccno4)o3)cc2)CC(C)O1. The average Bonchev–Trinajstić information content (AvgIpc) is 3.39. The van der Waals surface area contributed by atoms with Crippen LogP contribution in [0.1, 0.15) is 24.2 Å². The molecule has 2 aromatic heterocycles. The quantitative estimate of drug-likeness (QED) is 0.637. The van der Waals surface area contributed by atoms with E-state index in [0.717, 1.165) is 0 Å². The third kappa shape index (κ3) is 4.10. The van der Waals surface area contributed by atoms with Gasteiger partial charge in [-0.1, -0.05) is 10.3 Å². The van der Waals surface area contributed by atoms with Gasteiger partial charge in [0.25, 0.3) is 11.8 Å². The van der Waals surface area contributed by atoms with Crippen LogP contribution >= 0.6 is 0 Å². The number of hydrogen-bond donors (Lipinski definition) is 1. The van der Waals surface area contributed by atoms with Gasteiger partial charge in [-0.15, -0.1) is 5.10 Å². The fourth-order valence-electron chi connectivity index (χ4n) is 3.12. The van der Waals surface area contributed by atoms with Crippen LogP contribution in [0.3, 0.4) is 0 Å². The molecule has 30 heavy (non-hydrogen) atoms. The molecule has 1 aliphatic heterocycles. The number of aromatic nitrogens is 3. The molecular formula is C18H19N5O6S. The van der Waals surface area contributed by atoms with Gasteiger partial charge in [0, 0.05) is 24.7 Å². The molecular weight excluding hydrogens is 414 g/mol. The number of ether oxygens (including phenoxy) is 1. The van der Waals surface area contributed by atoms with Gasteiger partial charge in [-0.3, -0.25) is 10.1 Å². The number of carbonyl (C=O) groups excluding carboxylic acids is 1. The number of nitrogens with one attached hydrogen (secondary N) is 1. The molecule has 2 atom stereocenters. The van der Waals surface area contributed by atoms with E-state index in [4.69, 9.17) is 13.7 Å². The van der Waals surface area contributed by atoms with Crippen molar-refractivity contribution in [1.82, 2.24) is 19.7 Å². The highest BCUT2D eigenvalue weighted by atomic mass is 32.2. The Morgan fingerprint density at radius 2 is 1.80 bits per heavy atom. The van der Waals surface area contributed by atoms with Crippen molar-refractivity contribution in [1.29, 1.82) is 0 Å². The lowest BCUT2D eigenvalue weighted by atomic mass is 10.2. The summed E-state index contributed by atoms with van der Waals surface area (Å²) in [5, 5.41) is 13.5. The second-order valence-electron chi connectivity index (χ2n) is 6.85. The summed E-state index contributed by atoms with van der Waals surface area (Å²) in [7, 11) is -3.69. The topological polar surface area (TPSA) is 141 Å². The molecule has 1 N–H and O–H groups in total. The molecule has 1 fully saturated rings. The molecule has 158 valence electrons. The van der Waals surface area contributed by atoms with Crippen molar-refractivity contribution < 1.29 is 26.9 Å². The third-order valence-corrected chi connectivity index (χ3v) is 6.28. The Bertz CT molecular complexity index is 1120. The highest BCUT2D eigenvalue weighted by Crippen LogP contribution is 2.22. The number of sulfonamides is 1. The highest BCUT2D eigenvalue weighted by Gasteiger charge is 2.32. The summed E-state index contributed by atoms with van der Waals surface area (Å²) < 4.78 is 43.0. The summed E-state index contributed by atoms with van der Waals surface area (Å²) in [6, 6.07) is 7.03. The summed E-state index contributed by atoms with van der Waals surface area (Å²) in [4.78, 5) is 12.5. The molecule has 1 aliphatic rings. The molecule has 1 aromatic carbocycles. The van der Waals surface area contributed by atoms with Gasteiger partial charge < -0.3 is 13.7 Å². The lowest BCUT2D eigenvalue weighted by Gasteiger charge is -2.34. The predicted octanol–water partition coefficient (Wildman–Crippen LogP) is 1.77. The summed E-state index contributed by atoms with van der Waals surface area (Å²) >= 11 is 0. The zero-order valence-electron chi connectivity index (χ0n) is 16.2. The molecule has 0 aliphatic carbocycles. The predicted molar refractivity (Wildman–Crippen MR) is 103 cm³/mol. The van der Waals surface area contributed by atoms with E-state index in [0.29, 0.717) is 0 Å². The number of amides is 1. The van der Waals surface area contributed by atoms with Crippen molar-refractivity contribution in [3.05, 3.63) is 42.1 Å². The van der Waals surface area contributed by atoms with Gasteiger partial charge in [-0.2, -0.15) is 4.31 Å². The zero-order chi connectivity index (χ0) is 21.3. The molecule has 0 spiro atoms. The van der Waals surface area contributed by atoms with Crippen molar-refractivity contribution in [2.24, 2.45) is 0 Å². The van der Waals surface area contributed by atoms with Gasteiger partial charge in [-0.05, 0) is 38.1 Å². The Kier molecular flexibility index (Phi) is 5.37. The first-order chi connectivity index (χ1) is 14.3. The smallest absolute Gasteiger partial charge is 0.322 e. The van der Waals surface area contributed by atoms with E-state index < -0.39 is 15.9 Å². The van der Waals surface area contributed by atoms with Crippen LogP contribution < -0.4 is 5.32 Å². The van der Waals surface area contributed by atoms with E-state index in [9.17, 15) is 13.2 Å². The number of morpholine rings is 1. The fraction of sp³-hybridized carbons (Fsp3) is 0.333. The molecule has 0 bridgehead atoms. The average molecular weight is 433 g/mol. The van der Waals surface area contributed by atoms with Crippen molar-refractivity contribution in [2.75, 3.05) is 18.4 Å². The molecule has 3 aromatic rings. The minimum atomic E-state index is -3.69. The molecule has 1 saturated heterocycles. The van der Waals surface area contributed by atoms with E-state index >= 15 is 0 Å². The first-order valence-electron chi connectivity index (χ1n) is 9.14. The van der Waals surface area contributed by atoms with E-state index in [1.807, 2.05) is 13.8 Å². The molecule has 12 heteroatoms. The summed E-state index contributed by atoms with van der Waals surface area (Å²) in [5.41, 5.74) is 0.233. The van der Waals surface area contributed by atoms with Crippen LogP contribution in [0.2, 0.25) is 0 Å². The molecule has 1 amide bonds. The first-order valence-corrected chi connectivity index (χ1v) is 10.6. The van der Waals surface area contributed by atoms with E-state index in [2.05, 4.69) is 20.7 Å². The second kappa shape index (κ2) is 7.97. The van der Waals surface area contributed by atoms with E-state index in [1.165, 1.54) is 40.8 Å². The van der Waals surface area contributed by atoms with Crippen LogP contribution in [0.25, 0.3) is 11.7 Å². The van der Waals surface area contributed by atoms with Gasteiger partial charge >= 0.3 is 6.01 Å². The number of anilines is 1. The zero-order valence-corrected chi connectivity index (χ0v) is 17.0. The summed E-state index contributed by atoms with van der Waals surface area (Å²) in [5.74, 6) is -0.192. The van der Waals surface area contributed by atoms with Gasteiger partial charge in [-0.25, -0.2) is 8.42 Å². The van der Waals surface area contributed by atoms with Gasteiger partial charge in [0.15, 0.2) is 0 Å². The van der Waals surface area contributed by atoms with Gasteiger partial charge in [0.1, 0.15) is 0 Å². The highest BCUT2D eigenvalue weighted by molar-refractivity contribution is 7.89. The van der Waals surface area contributed by atoms with Crippen LogP contribution in [-0.4, -0.2) is 59.3 Å². The monoisotopic (exact) mass is 433 g/mol. The Balaban J connectivity index is 1.46. The Hall–Kier alpha value is -3.09. The maximum Gasteiger partial charge on any atom is 0.322 e. The van der Waals surface area contributed by atoms with Crippen LogP contribution in [0, 0.1) is 0 Å². The minimum absolute atomic E-state index is 0.0678.